The first-order valence-corrected chi connectivity index (χ1v) is 6.93. The molecule has 3 aromatic rings. The van der Waals surface area contributed by atoms with Gasteiger partial charge in [0.2, 0.25) is 0 Å². The molecule has 0 bridgehead atoms. The van der Waals surface area contributed by atoms with E-state index in [-0.39, 0.29) is 0 Å². The number of nitrogens with one attached hydrogen (secondary N) is 2. The van der Waals surface area contributed by atoms with Gasteiger partial charge in [0, 0.05) is 29.7 Å². The first-order chi connectivity index (χ1) is 10.2. The van der Waals surface area contributed by atoms with Crippen molar-refractivity contribution < 1.29 is 8.78 Å². The zero-order valence-electron chi connectivity index (χ0n) is 11.5. The van der Waals surface area contributed by atoms with Gasteiger partial charge in [-0.25, -0.2) is 8.78 Å². The normalized spacial score (nSPS) is 11.1. The minimum absolute atomic E-state index is 0.526. The monoisotopic (exact) mass is 286 g/mol. The molecule has 3 rings (SSSR count). The molecule has 2 N–H and O–H groups in total. The molecule has 0 spiro atoms. The molecule has 4 heteroatoms. The van der Waals surface area contributed by atoms with Gasteiger partial charge >= 0.3 is 0 Å². The van der Waals surface area contributed by atoms with Crippen LogP contribution in [0.15, 0.2) is 48.7 Å². The van der Waals surface area contributed by atoms with E-state index in [1.165, 1.54) is 23.1 Å². The van der Waals surface area contributed by atoms with E-state index >= 15 is 0 Å². The lowest BCUT2D eigenvalue weighted by molar-refractivity contribution is 0.577. The third-order valence-corrected chi connectivity index (χ3v) is 3.51. The molecule has 2 nitrogen and oxygen atoms in total. The Morgan fingerprint density at radius 2 is 1.81 bits per heavy atom. The van der Waals surface area contributed by atoms with E-state index in [0.29, 0.717) is 18.5 Å². The Hall–Kier alpha value is -2.20. The summed E-state index contributed by atoms with van der Waals surface area (Å²) in [6, 6.07) is 11.8. The fourth-order valence-electron chi connectivity index (χ4n) is 2.52. The van der Waals surface area contributed by atoms with Crippen LogP contribution in [0, 0.1) is 11.6 Å². The molecular formula is C17H16F2N2. The summed E-state index contributed by atoms with van der Waals surface area (Å²) in [5, 5.41) is 4.51. The van der Waals surface area contributed by atoms with Gasteiger partial charge in [0.05, 0.1) is 0 Å². The van der Waals surface area contributed by atoms with E-state index in [1.54, 1.807) is 0 Å². The van der Waals surface area contributed by atoms with Crippen molar-refractivity contribution in [2.75, 3.05) is 6.54 Å². The maximum Gasteiger partial charge on any atom is 0.126 e. The molecule has 1 aromatic heterocycles. The average Bonchev–Trinajstić information content (AvgIpc) is 2.91. The minimum Gasteiger partial charge on any atom is -0.361 e. The Bertz CT molecular complexity index is 729. The highest BCUT2D eigenvalue weighted by atomic mass is 19.1. The van der Waals surface area contributed by atoms with Gasteiger partial charge < -0.3 is 10.3 Å². The van der Waals surface area contributed by atoms with Gasteiger partial charge in [-0.15, -0.1) is 0 Å². The lowest BCUT2D eigenvalue weighted by atomic mass is 10.1. The molecule has 2 aromatic carbocycles. The zero-order valence-corrected chi connectivity index (χ0v) is 11.5. The number of rotatable bonds is 5. The van der Waals surface area contributed by atoms with Crippen molar-refractivity contribution in [1.29, 1.82) is 0 Å². The summed E-state index contributed by atoms with van der Waals surface area (Å²) in [6.07, 6.45) is 2.52. The number of halogens is 2. The van der Waals surface area contributed by atoms with Crippen LogP contribution in [-0.2, 0) is 13.0 Å². The van der Waals surface area contributed by atoms with E-state index < -0.39 is 11.6 Å². The topological polar surface area (TPSA) is 27.8 Å². The van der Waals surface area contributed by atoms with Crippen LogP contribution in [0.5, 0.6) is 0 Å². The average molecular weight is 286 g/mol. The minimum atomic E-state index is -0.526. The Morgan fingerprint density at radius 1 is 1.00 bits per heavy atom. The third kappa shape index (κ3) is 3.28. The second-order valence-corrected chi connectivity index (χ2v) is 5.06. The molecule has 0 saturated carbocycles. The van der Waals surface area contributed by atoms with Crippen molar-refractivity contribution in [2.24, 2.45) is 0 Å². The zero-order chi connectivity index (χ0) is 14.7. The second-order valence-electron chi connectivity index (χ2n) is 5.06. The second kappa shape index (κ2) is 6.06. The predicted octanol–water partition coefficient (Wildman–Crippen LogP) is 3.78. The number of aromatic amines is 1. The van der Waals surface area contributed by atoms with E-state index in [0.717, 1.165) is 18.1 Å². The molecular weight excluding hydrogens is 270 g/mol. The van der Waals surface area contributed by atoms with Crippen LogP contribution in [0.25, 0.3) is 10.9 Å². The third-order valence-electron chi connectivity index (χ3n) is 3.51. The number of aromatic nitrogens is 1. The number of hydrogen-bond acceptors (Lipinski definition) is 1. The van der Waals surface area contributed by atoms with Crippen molar-refractivity contribution in [3.63, 3.8) is 0 Å². The van der Waals surface area contributed by atoms with Gasteiger partial charge in [0.1, 0.15) is 11.6 Å². The van der Waals surface area contributed by atoms with Gasteiger partial charge in [-0.2, -0.15) is 0 Å². The molecule has 0 atom stereocenters. The molecule has 0 fully saturated rings. The van der Waals surface area contributed by atoms with Crippen LogP contribution in [-0.4, -0.2) is 11.5 Å². The Morgan fingerprint density at radius 3 is 2.62 bits per heavy atom. The lowest BCUT2D eigenvalue weighted by Gasteiger charge is -2.07. The van der Waals surface area contributed by atoms with Gasteiger partial charge in [-0.3, -0.25) is 0 Å². The molecule has 0 aliphatic rings. The maximum absolute atomic E-state index is 13.1. The molecule has 0 amide bonds. The van der Waals surface area contributed by atoms with Crippen molar-refractivity contribution >= 4 is 10.9 Å². The first-order valence-electron chi connectivity index (χ1n) is 6.93. The van der Waals surface area contributed by atoms with Crippen LogP contribution in [0.1, 0.15) is 11.1 Å². The Kier molecular flexibility index (Phi) is 3.97. The van der Waals surface area contributed by atoms with Gasteiger partial charge in [-0.1, -0.05) is 12.1 Å². The van der Waals surface area contributed by atoms with Crippen molar-refractivity contribution in [3.8, 4) is 0 Å². The largest absolute Gasteiger partial charge is 0.361 e. The molecule has 108 valence electrons. The highest BCUT2D eigenvalue weighted by molar-refractivity contribution is 5.82. The van der Waals surface area contributed by atoms with E-state index in [1.807, 2.05) is 24.4 Å². The van der Waals surface area contributed by atoms with Crippen LogP contribution >= 0.6 is 0 Å². The highest BCUT2D eigenvalue weighted by Crippen LogP contribution is 2.17. The molecule has 0 saturated heterocycles. The lowest BCUT2D eigenvalue weighted by Crippen LogP contribution is -2.16. The highest BCUT2D eigenvalue weighted by Gasteiger charge is 2.02. The Balaban J connectivity index is 1.58. The summed E-state index contributed by atoms with van der Waals surface area (Å²) in [5.74, 6) is -1.05. The standard InChI is InChI=1S/C17H16F2N2/c18-14-8-12(9-15(19)10-14)4-6-20-11-13-2-1-3-17-16(13)5-7-21-17/h1-3,5,7-10,20-21H,4,6,11H2. The first kappa shape index (κ1) is 13.8. The van der Waals surface area contributed by atoms with E-state index in [4.69, 9.17) is 0 Å². The summed E-state index contributed by atoms with van der Waals surface area (Å²) in [7, 11) is 0. The summed E-state index contributed by atoms with van der Waals surface area (Å²) >= 11 is 0. The summed E-state index contributed by atoms with van der Waals surface area (Å²) in [4.78, 5) is 3.18. The van der Waals surface area contributed by atoms with E-state index in [9.17, 15) is 8.78 Å². The predicted molar refractivity (Wildman–Crippen MR) is 80.1 cm³/mol. The fourth-order valence-corrected chi connectivity index (χ4v) is 2.52. The van der Waals surface area contributed by atoms with E-state index in [2.05, 4.69) is 16.4 Å². The fraction of sp³-hybridized carbons (Fsp3) is 0.176. The molecule has 0 radical (unpaired) electrons. The number of hydrogen-bond donors (Lipinski definition) is 2. The van der Waals surface area contributed by atoms with Gasteiger partial charge in [-0.05, 0) is 48.4 Å². The molecule has 1 heterocycles. The summed E-state index contributed by atoms with van der Waals surface area (Å²) in [6.45, 7) is 1.40. The summed E-state index contributed by atoms with van der Waals surface area (Å²) < 4.78 is 26.2. The SMILES string of the molecule is Fc1cc(F)cc(CCNCc2cccc3[nH]ccc23)c1. The van der Waals surface area contributed by atoms with Crippen molar-refractivity contribution in [3.05, 3.63) is 71.4 Å². The van der Waals surface area contributed by atoms with Gasteiger partial charge in [0.25, 0.3) is 0 Å². The van der Waals surface area contributed by atoms with Gasteiger partial charge in [0.15, 0.2) is 0 Å². The number of fused-ring (bicyclic) bond motifs is 1. The molecule has 0 aliphatic heterocycles. The molecule has 21 heavy (non-hydrogen) atoms. The van der Waals surface area contributed by atoms with Crippen LogP contribution in [0.3, 0.4) is 0 Å². The smallest absolute Gasteiger partial charge is 0.126 e. The number of benzene rings is 2. The van der Waals surface area contributed by atoms with Crippen LogP contribution in [0.4, 0.5) is 8.78 Å². The molecule has 0 unspecified atom stereocenters. The molecule has 0 aliphatic carbocycles. The van der Waals surface area contributed by atoms with Crippen LogP contribution in [0.2, 0.25) is 0 Å². The Labute approximate surface area is 121 Å². The van der Waals surface area contributed by atoms with Crippen molar-refractivity contribution in [2.45, 2.75) is 13.0 Å². The summed E-state index contributed by atoms with van der Waals surface area (Å²) in [5.41, 5.74) is 2.99. The van der Waals surface area contributed by atoms with Crippen molar-refractivity contribution in [1.82, 2.24) is 10.3 Å². The van der Waals surface area contributed by atoms with Crippen LogP contribution < -0.4 is 5.32 Å². The maximum atomic E-state index is 13.1. The number of H-pyrrole nitrogens is 1. The quantitative estimate of drug-likeness (QED) is 0.686.